The summed E-state index contributed by atoms with van der Waals surface area (Å²) in [5.74, 6) is -0.316. The summed E-state index contributed by atoms with van der Waals surface area (Å²) < 4.78 is 0. The number of hydrogen-bond donors (Lipinski definition) is 0. The van der Waals surface area contributed by atoms with E-state index in [9.17, 15) is 9.59 Å². The van der Waals surface area contributed by atoms with Crippen molar-refractivity contribution in [3.8, 4) is 0 Å². The second-order valence-corrected chi connectivity index (χ2v) is 4.55. The predicted octanol–water partition coefficient (Wildman–Crippen LogP) is 2.19. The van der Waals surface area contributed by atoms with Gasteiger partial charge in [0, 0.05) is 5.39 Å². The van der Waals surface area contributed by atoms with Crippen LogP contribution in [0.1, 0.15) is 6.42 Å². The number of fused-ring (bicyclic) bond motifs is 1. The molecule has 1 aromatic heterocycles. The van der Waals surface area contributed by atoms with Crippen LogP contribution in [-0.4, -0.2) is 23.2 Å². The largest absolute Gasteiger partial charge is 0.302 e. The van der Waals surface area contributed by atoms with Crippen molar-refractivity contribution in [2.75, 3.05) is 11.4 Å². The first-order chi connectivity index (χ1) is 8.66. The topological polar surface area (TPSA) is 50.3 Å². The second-order valence-electron chi connectivity index (χ2n) is 4.17. The molecule has 4 nitrogen and oxygen atoms in total. The Hall–Kier alpha value is -1.94. The van der Waals surface area contributed by atoms with E-state index in [2.05, 4.69) is 4.98 Å². The zero-order valence-electron chi connectivity index (χ0n) is 9.39. The molecule has 1 aliphatic rings. The van der Waals surface area contributed by atoms with Gasteiger partial charge in [-0.15, -0.1) is 0 Å². The lowest BCUT2D eigenvalue weighted by atomic mass is 10.2. The number of amides is 1. The molecular formula is C13H9ClN2O2. The molecule has 0 radical (unpaired) electrons. The molecule has 2 aromatic rings. The highest BCUT2D eigenvalue weighted by molar-refractivity contribution is 6.39. The van der Waals surface area contributed by atoms with Crippen molar-refractivity contribution in [1.82, 2.24) is 4.98 Å². The second kappa shape index (κ2) is 4.07. The number of halogens is 1. The number of Topliss-reactive ketones (excluding diaryl/α,β-unsaturated/α-hetero) is 1. The molecular weight excluding hydrogens is 252 g/mol. The molecule has 1 saturated heterocycles. The number of nitrogens with zero attached hydrogens (tertiary/aromatic N) is 2. The number of pyridine rings is 1. The van der Waals surface area contributed by atoms with Gasteiger partial charge in [0.25, 0.3) is 0 Å². The summed E-state index contributed by atoms with van der Waals surface area (Å²) in [6.45, 7) is 0.0819. The number of rotatable bonds is 1. The lowest BCUT2D eigenvalue weighted by Gasteiger charge is -2.16. The zero-order chi connectivity index (χ0) is 12.7. The average molecular weight is 261 g/mol. The van der Waals surface area contributed by atoms with Crippen molar-refractivity contribution in [2.45, 2.75) is 6.42 Å². The third-order valence-electron chi connectivity index (χ3n) is 2.97. The lowest BCUT2D eigenvalue weighted by Crippen LogP contribution is -2.25. The van der Waals surface area contributed by atoms with E-state index in [-0.39, 0.29) is 24.7 Å². The number of hydrogen-bond acceptors (Lipinski definition) is 3. The highest BCUT2D eigenvalue weighted by atomic mass is 35.5. The fraction of sp³-hybridized carbons (Fsp3) is 0.154. The Labute approximate surface area is 108 Å². The minimum absolute atomic E-state index is 0.0524. The van der Waals surface area contributed by atoms with Crippen LogP contribution in [0.3, 0.4) is 0 Å². The Kier molecular flexibility index (Phi) is 2.52. The number of para-hydroxylation sites is 1. The summed E-state index contributed by atoms with van der Waals surface area (Å²) in [6.07, 6.45) is 1.49. The maximum atomic E-state index is 11.7. The molecule has 0 atom stereocenters. The van der Waals surface area contributed by atoms with Crippen LogP contribution in [0.5, 0.6) is 0 Å². The van der Waals surface area contributed by atoms with Crippen LogP contribution < -0.4 is 4.90 Å². The number of carbonyl (C=O) groups excluding carboxylic acids is 2. The Morgan fingerprint density at radius 1 is 1.22 bits per heavy atom. The third-order valence-corrected chi connectivity index (χ3v) is 3.36. The molecule has 1 fully saturated rings. The Morgan fingerprint density at radius 2 is 2.00 bits per heavy atom. The molecule has 0 spiro atoms. The summed E-state index contributed by atoms with van der Waals surface area (Å²) in [6, 6.07) is 7.42. The molecule has 5 heteroatoms. The van der Waals surface area contributed by atoms with Gasteiger partial charge in [0.1, 0.15) is 0 Å². The first-order valence-electron chi connectivity index (χ1n) is 5.52. The summed E-state index contributed by atoms with van der Waals surface area (Å²) in [4.78, 5) is 28.6. The zero-order valence-corrected chi connectivity index (χ0v) is 10.1. The fourth-order valence-electron chi connectivity index (χ4n) is 2.09. The van der Waals surface area contributed by atoms with E-state index < -0.39 is 0 Å². The van der Waals surface area contributed by atoms with Crippen LogP contribution in [0.25, 0.3) is 10.9 Å². The standard InChI is InChI=1S/C13H9ClN2O2/c14-13-9-3-1-2-4-10(9)15-6-11(13)16-7-8(17)5-12(16)18/h1-4,6H,5,7H2. The minimum Gasteiger partial charge on any atom is -0.302 e. The quantitative estimate of drug-likeness (QED) is 0.739. The van der Waals surface area contributed by atoms with Gasteiger partial charge in [0.05, 0.1) is 35.4 Å². The van der Waals surface area contributed by atoms with Gasteiger partial charge in [-0.2, -0.15) is 0 Å². The minimum atomic E-state index is -0.223. The fourth-order valence-corrected chi connectivity index (χ4v) is 2.40. The van der Waals surface area contributed by atoms with E-state index in [0.717, 1.165) is 10.9 Å². The van der Waals surface area contributed by atoms with Gasteiger partial charge in [0.15, 0.2) is 5.78 Å². The molecule has 2 heterocycles. The molecule has 3 rings (SSSR count). The molecule has 0 bridgehead atoms. The van der Waals surface area contributed by atoms with Gasteiger partial charge in [0.2, 0.25) is 5.91 Å². The smallest absolute Gasteiger partial charge is 0.235 e. The number of anilines is 1. The SMILES string of the molecule is O=C1CC(=O)N(c2cnc3ccccc3c2Cl)C1. The van der Waals surface area contributed by atoms with Gasteiger partial charge in [-0.25, -0.2) is 0 Å². The summed E-state index contributed by atoms with van der Waals surface area (Å²) in [7, 11) is 0. The monoisotopic (exact) mass is 260 g/mol. The van der Waals surface area contributed by atoms with Crippen LogP contribution in [-0.2, 0) is 9.59 Å². The molecule has 0 saturated carbocycles. The number of ketones is 1. The highest BCUT2D eigenvalue weighted by Crippen LogP contribution is 2.33. The van der Waals surface area contributed by atoms with Crippen LogP contribution in [0.4, 0.5) is 5.69 Å². The predicted molar refractivity (Wildman–Crippen MR) is 68.7 cm³/mol. The van der Waals surface area contributed by atoms with E-state index in [4.69, 9.17) is 11.6 Å². The normalized spacial score (nSPS) is 15.7. The lowest BCUT2D eigenvalue weighted by molar-refractivity contribution is -0.121. The van der Waals surface area contributed by atoms with Crippen molar-refractivity contribution >= 4 is 39.9 Å². The molecule has 90 valence electrons. The molecule has 18 heavy (non-hydrogen) atoms. The van der Waals surface area contributed by atoms with Crippen molar-refractivity contribution < 1.29 is 9.59 Å². The Balaban J connectivity index is 2.16. The van der Waals surface area contributed by atoms with Gasteiger partial charge < -0.3 is 4.90 Å². The van der Waals surface area contributed by atoms with E-state index in [1.54, 1.807) is 6.20 Å². The van der Waals surface area contributed by atoms with Gasteiger partial charge in [-0.1, -0.05) is 29.8 Å². The van der Waals surface area contributed by atoms with E-state index in [0.29, 0.717) is 10.7 Å². The highest BCUT2D eigenvalue weighted by Gasteiger charge is 2.30. The van der Waals surface area contributed by atoms with Crippen LogP contribution in [0, 0.1) is 0 Å². The molecule has 1 amide bonds. The molecule has 0 N–H and O–H groups in total. The third kappa shape index (κ3) is 1.66. The first-order valence-corrected chi connectivity index (χ1v) is 5.90. The molecule has 0 aliphatic carbocycles. The van der Waals surface area contributed by atoms with Crippen molar-refractivity contribution in [3.63, 3.8) is 0 Å². The molecule has 1 aromatic carbocycles. The van der Waals surface area contributed by atoms with E-state index in [1.807, 2.05) is 24.3 Å². The number of aromatic nitrogens is 1. The summed E-state index contributed by atoms with van der Waals surface area (Å²) >= 11 is 6.29. The Morgan fingerprint density at radius 3 is 2.72 bits per heavy atom. The van der Waals surface area contributed by atoms with Gasteiger partial charge >= 0.3 is 0 Å². The van der Waals surface area contributed by atoms with Crippen LogP contribution in [0.2, 0.25) is 5.02 Å². The molecule has 1 aliphatic heterocycles. The van der Waals surface area contributed by atoms with Crippen LogP contribution in [0.15, 0.2) is 30.5 Å². The maximum Gasteiger partial charge on any atom is 0.235 e. The first kappa shape index (κ1) is 11.2. The summed E-state index contributed by atoms with van der Waals surface area (Å²) in [5, 5.41) is 1.24. The van der Waals surface area contributed by atoms with Crippen molar-refractivity contribution in [1.29, 1.82) is 0 Å². The maximum absolute atomic E-state index is 11.7. The summed E-state index contributed by atoms with van der Waals surface area (Å²) in [5.41, 5.74) is 1.27. The number of carbonyl (C=O) groups is 2. The number of benzene rings is 1. The van der Waals surface area contributed by atoms with Gasteiger partial charge in [-0.3, -0.25) is 14.6 Å². The van der Waals surface area contributed by atoms with E-state index in [1.165, 1.54) is 4.90 Å². The van der Waals surface area contributed by atoms with Gasteiger partial charge in [-0.05, 0) is 6.07 Å². The Bertz CT molecular complexity index is 669. The van der Waals surface area contributed by atoms with Crippen LogP contribution >= 0.6 is 11.6 Å². The van der Waals surface area contributed by atoms with Crippen molar-refractivity contribution in [3.05, 3.63) is 35.5 Å². The average Bonchev–Trinajstić information content (AvgIpc) is 2.69. The van der Waals surface area contributed by atoms with E-state index >= 15 is 0 Å². The van der Waals surface area contributed by atoms with Crippen molar-refractivity contribution in [2.24, 2.45) is 0 Å². The molecule has 0 unspecified atom stereocenters.